The van der Waals surface area contributed by atoms with Gasteiger partial charge in [0.25, 0.3) is 5.91 Å². The molecule has 1 amide bonds. The lowest BCUT2D eigenvalue weighted by atomic mass is 10.1. The monoisotopic (exact) mass is 312 g/mol. The van der Waals surface area contributed by atoms with E-state index in [1.165, 1.54) is 25.3 Å². The number of likely N-dealkylation sites (tertiary alicyclic amines) is 1. The van der Waals surface area contributed by atoms with Gasteiger partial charge < -0.3 is 9.64 Å². The van der Waals surface area contributed by atoms with Gasteiger partial charge in [-0.15, -0.1) is 11.6 Å². The van der Waals surface area contributed by atoms with E-state index in [1.54, 1.807) is 4.90 Å². The van der Waals surface area contributed by atoms with Crippen LogP contribution in [-0.4, -0.2) is 41.8 Å². The van der Waals surface area contributed by atoms with Crippen LogP contribution in [0.5, 0.6) is 5.75 Å². The summed E-state index contributed by atoms with van der Waals surface area (Å²) in [5, 5.41) is 10.9. The number of nitrogens with zero attached hydrogens (tertiary/aromatic N) is 2. The number of hydrogen-bond acceptors (Lipinski definition) is 4. The molecule has 1 saturated heterocycles. The predicted molar refractivity (Wildman–Crippen MR) is 79.0 cm³/mol. The molecule has 0 aromatic heterocycles. The van der Waals surface area contributed by atoms with Crippen molar-refractivity contribution in [3.8, 4) is 5.75 Å². The van der Waals surface area contributed by atoms with Gasteiger partial charge in [0.1, 0.15) is 0 Å². The summed E-state index contributed by atoms with van der Waals surface area (Å²) in [5.41, 5.74) is 0.263. The van der Waals surface area contributed by atoms with Crippen molar-refractivity contribution in [2.75, 3.05) is 26.1 Å². The molecule has 1 aromatic carbocycles. The van der Waals surface area contributed by atoms with Gasteiger partial charge in [-0.25, -0.2) is 0 Å². The minimum Gasteiger partial charge on any atom is -0.490 e. The number of halogens is 1. The molecule has 1 heterocycles. The first-order valence-corrected chi connectivity index (χ1v) is 7.28. The molecule has 1 aliphatic heterocycles. The first-order valence-electron chi connectivity index (χ1n) is 6.74. The molecule has 1 fully saturated rings. The topological polar surface area (TPSA) is 72.7 Å². The molecule has 0 saturated carbocycles. The average molecular weight is 313 g/mol. The quantitative estimate of drug-likeness (QED) is 0.476. The van der Waals surface area contributed by atoms with Crippen LogP contribution in [0.4, 0.5) is 5.69 Å². The molecule has 114 valence electrons. The normalized spacial score (nSPS) is 17.8. The Kier molecular flexibility index (Phi) is 5.01. The van der Waals surface area contributed by atoms with E-state index in [4.69, 9.17) is 16.3 Å². The van der Waals surface area contributed by atoms with E-state index in [0.717, 1.165) is 12.8 Å². The Morgan fingerprint density at radius 2 is 2.33 bits per heavy atom. The summed E-state index contributed by atoms with van der Waals surface area (Å²) < 4.78 is 4.99. The Balaban J connectivity index is 2.15. The van der Waals surface area contributed by atoms with E-state index in [-0.39, 0.29) is 17.3 Å². The second kappa shape index (κ2) is 6.76. The SMILES string of the molecule is COc1cc(C(=O)N2CCC(CCCl)C2)ccc1[N+](=O)[O-]. The van der Waals surface area contributed by atoms with Crippen LogP contribution in [0, 0.1) is 16.0 Å². The van der Waals surface area contributed by atoms with Crippen LogP contribution in [0.25, 0.3) is 0 Å². The average Bonchev–Trinajstić information content (AvgIpc) is 2.94. The fraction of sp³-hybridized carbons (Fsp3) is 0.500. The number of nitro benzene ring substituents is 1. The Labute approximate surface area is 127 Å². The van der Waals surface area contributed by atoms with Gasteiger partial charge in [0.2, 0.25) is 0 Å². The van der Waals surface area contributed by atoms with Crippen molar-refractivity contribution in [2.24, 2.45) is 5.92 Å². The van der Waals surface area contributed by atoms with E-state index in [2.05, 4.69) is 0 Å². The van der Waals surface area contributed by atoms with Gasteiger partial charge in [-0.05, 0) is 24.8 Å². The van der Waals surface area contributed by atoms with Crippen molar-refractivity contribution >= 4 is 23.2 Å². The van der Waals surface area contributed by atoms with E-state index in [1.807, 2.05) is 0 Å². The molecule has 0 spiro atoms. The Morgan fingerprint density at radius 3 is 2.95 bits per heavy atom. The van der Waals surface area contributed by atoms with Crippen molar-refractivity contribution < 1.29 is 14.5 Å². The minimum absolute atomic E-state index is 0.0994. The molecule has 21 heavy (non-hydrogen) atoms. The van der Waals surface area contributed by atoms with Gasteiger partial charge in [-0.3, -0.25) is 14.9 Å². The number of carbonyl (C=O) groups excluding carboxylic acids is 1. The molecule has 0 aliphatic carbocycles. The number of benzene rings is 1. The molecular weight excluding hydrogens is 296 g/mol. The summed E-state index contributed by atoms with van der Waals surface area (Å²) >= 11 is 5.73. The van der Waals surface area contributed by atoms with E-state index in [0.29, 0.717) is 30.5 Å². The number of amides is 1. The summed E-state index contributed by atoms with van der Waals surface area (Å²) in [6, 6.07) is 4.20. The smallest absolute Gasteiger partial charge is 0.310 e. The van der Waals surface area contributed by atoms with Gasteiger partial charge in [0, 0.05) is 36.7 Å². The number of rotatable bonds is 5. The van der Waals surface area contributed by atoms with E-state index >= 15 is 0 Å². The van der Waals surface area contributed by atoms with Gasteiger partial charge in [0.05, 0.1) is 12.0 Å². The highest BCUT2D eigenvalue weighted by molar-refractivity contribution is 6.17. The standard InChI is InChI=1S/C14H17ClN2O4/c1-21-13-8-11(2-3-12(13)17(19)20)14(18)16-7-5-10(9-16)4-6-15/h2-3,8,10H,4-7,9H2,1H3. The molecule has 6 nitrogen and oxygen atoms in total. The number of ether oxygens (including phenoxy) is 1. The maximum absolute atomic E-state index is 12.4. The van der Waals surface area contributed by atoms with Crippen LogP contribution in [0.1, 0.15) is 23.2 Å². The number of hydrogen-bond donors (Lipinski definition) is 0. The molecular formula is C14H17ClN2O4. The van der Waals surface area contributed by atoms with Crippen molar-refractivity contribution in [1.82, 2.24) is 4.90 Å². The zero-order chi connectivity index (χ0) is 15.4. The highest BCUT2D eigenvalue weighted by Gasteiger charge is 2.27. The van der Waals surface area contributed by atoms with Crippen LogP contribution in [0.3, 0.4) is 0 Å². The third-order valence-electron chi connectivity index (χ3n) is 3.71. The van der Waals surface area contributed by atoms with Gasteiger partial charge >= 0.3 is 5.69 Å². The lowest BCUT2D eigenvalue weighted by molar-refractivity contribution is -0.385. The van der Waals surface area contributed by atoms with Crippen LogP contribution in [0.15, 0.2) is 18.2 Å². The molecule has 0 radical (unpaired) electrons. The van der Waals surface area contributed by atoms with E-state index in [9.17, 15) is 14.9 Å². The van der Waals surface area contributed by atoms with Crippen molar-refractivity contribution in [3.05, 3.63) is 33.9 Å². The predicted octanol–water partition coefficient (Wildman–Crippen LogP) is 2.69. The fourth-order valence-corrected chi connectivity index (χ4v) is 2.86. The zero-order valence-corrected chi connectivity index (χ0v) is 12.5. The molecule has 0 N–H and O–H groups in total. The number of alkyl halides is 1. The van der Waals surface area contributed by atoms with Gasteiger partial charge in [-0.2, -0.15) is 0 Å². The molecule has 7 heteroatoms. The summed E-state index contributed by atoms with van der Waals surface area (Å²) in [7, 11) is 1.35. The Bertz CT molecular complexity index is 550. The maximum Gasteiger partial charge on any atom is 0.310 e. The van der Waals surface area contributed by atoms with Crippen LogP contribution >= 0.6 is 11.6 Å². The largest absolute Gasteiger partial charge is 0.490 e. The molecule has 1 unspecified atom stereocenters. The lowest BCUT2D eigenvalue weighted by Crippen LogP contribution is -2.28. The highest BCUT2D eigenvalue weighted by Crippen LogP contribution is 2.29. The van der Waals surface area contributed by atoms with E-state index < -0.39 is 4.92 Å². The summed E-state index contributed by atoms with van der Waals surface area (Å²) in [5.74, 6) is 1.01. The van der Waals surface area contributed by atoms with Gasteiger partial charge in [0.15, 0.2) is 5.75 Å². The lowest BCUT2D eigenvalue weighted by Gasteiger charge is -2.16. The third kappa shape index (κ3) is 3.44. The number of methoxy groups -OCH3 is 1. The first kappa shape index (κ1) is 15.6. The molecule has 0 bridgehead atoms. The fourth-order valence-electron chi connectivity index (χ4n) is 2.55. The molecule has 1 atom stereocenters. The maximum atomic E-state index is 12.4. The molecule has 1 aromatic rings. The number of carbonyl (C=O) groups is 1. The van der Waals surface area contributed by atoms with Crippen molar-refractivity contribution in [3.63, 3.8) is 0 Å². The highest BCUT2D eigenvalue weighted by atomic mass is 35.5. The third-order valence-corrected chi connectivity index (χ3v) is 3.93. The minimum atomic E-state index is -0.528. The Morgan fingerprint density at radius 1 is 1.57 bits per heavy atom. The van der Waals surface area contributed by atoms with Crippen LogP contribution < -0.4 is 4.74 Å². The summed E-state index contributed by atoms with van der Waals surface area (Å²) in [4.78, 5) is 24.5. The second-order valence-electron chi connectivity index (χ2n) is 5.03. The first-order chi connectivity index (χ1) is 10.1. The summed E-state index contributed by atoms with van der Waals surface area (Å²) in [6.07, 6.45) is 1.84. The van der Waals surface area contributed by atoms with Crippen molar-refractivity contribution in [1.29, 1.82) is 0 Å². The van der Waals surface area contributed by atoms with Crippen molar-refractivity contribution in [2.45, 2.75) is 12.8 Å². The number of nitro groups is 1. The molecule has 1 aliphatic rings. The van der Waals surface area contributed by atoms with Crippen LogP contribution in [-0.2, 0) is 0 Å². The Hall–Kier alpha value is -1.82. The van der Waals surface area contributed by atoms with Gasteiger partial charge in [-0.1, -0.05) is 0 Å². The summed E-state index contributed by atoms with van der Waals surface area (Å²) in [6.45, 7) is 1.38. The zero-order valence-electron chi connectivity index (χ0n) is 11.8. The second-order valence-corrected chi connectivity index (χ2v) is 5.41. The molecule has 2 rings (SSSR count). The van der Waals surface area contributed by atoms with Crippen LogP contribution in [0.2, 0.25) is 0 Å².